The minimum atomic E-state index is -0.770. The number of carbonyl (C=O) groups is 2. The molecule has 0 spiro atoms. The molecular formula is C13H13IN2O3. The number of piperidine rings is 1. The minimum Gasteiger partial charge on any atom is -0.374 e. The highest BCUT2D eigenvalue weighted by molar-refractivity contribution is 14.1. The quantitative estimate of drug-likeness (QED) is 0.568. The largest absolute Gasteiger partial charge is 0.374 e. The fraction of sp³-hybridized carbons (Fsp3) is 0.385. The third-order valence-corrected chi connectivity index (χ3v) is 4.71. The van der Waals surface area contributed by atoms with Crippen molar-refractivity contribution in [2.45, 2.75) is 31.7 Å². The Bertz CT molecular complexity index is 561. The Hall–Kier alpha value is -0.990. The zero-order chi connectivity index (χ0) is 13.6. The SMILES string of the molecule is O=C1CCC(N2Cc3c(I)cccc3C2O)C(=O)N1. The van der Waals surface area contributed by atoms with Crippen molar-refractivity contribution in [1.29, 1.82) is 0 Å². The predicted octanol–water partition coefficient (Wildman–Crippen LogP) is 0.903. The maximum Gasteiger partial charge on any atom is 0.244 e. The molecule has 2 amide bonds. The van der Waals surface area contributed by atoms with Gasteiger partial charge in [0.05, 0.1) is 6.04 Å². The molecule has 0 aliphatic carbocycles. The standard InChI is InChI=1S/C13H13IN2O3/c14-9-3-1-2-7-8(9)6-16(13(7)19)10-4-5-11(17)15-12(10)18/h1-3,10,13,19H,4-6H2,(H,15,17,18). The smallest absolute Gasteiger partial charge is 0.244 e. The summed E-state index contributed by atoms with van der Waals surface area (Å²) in [5.41, 5.74) is 1.93. The lowest BCUT2D eigenvalue weighted by Crippen LogP contribution is -2.51. The molecule has 3 rings (SSSR count). The summed E-state index contributed by atoms with van der Waals surface area (Å²) >= 11 is 2.23. The van der Waals surface area contributed by atoms with Gasteiger partial charge in [0.2, 0.25) is 11.8 Å². The molecule has 2 heterocycles. The van der Waals surface area contributed by atoms with E-state index in [2.05, 4.69) is 27.9 Å². The molecule has 0 bridgehead atoms. The predicted molar refractivity (Wildman–Crippen MR) is 75.8 cm³/mol. The summed E-state index contributed by atoms with van der Waals surface area (Å²) in [4.78, 5) is 24.8. The van der Waals surface area contributed by atoms with Gasteiger partial charge in [0.15, 0.2) is 0 Å². The van der Waals surface area contributed by atoms with Crippen LogP contribution in [0.3, 0.4) is 0 Å². The molecule has 19 heavy (non-hydrogen) atoms. The summed E-state index contributed by atoms with van der Waals surface area (Å²) in [5, 5.41) is 12.7. The Labute approximate surface area is 124 Å². The van der Waals surface area contributed by atoms with Crippen LogP contribution in [0.5, 0.6) is 0 Å². The summed E-state index contributed by atoms with van der Waals surface area (Å²) in [6.07, 6.45) is 0.0213. The summed E-state index contributed by atoms with van der Waals surface area (Å²) in [6.45, 7) is 0.544. The Morgan fingerprint density at radius 3 is 2.84 bits per heavy atom. The van der Waals surface area contributed by atoms with E-state index in [1.165, 1.54) is 0 Å². The number of carbonyl (C=O) groups excluding carboxylic acids is 2. The molecule has 0 saturated carbocycles. The van der Waals surface area contributed by atoms with Gasteiger partial charge in [-0.2, -0.15) is 0 Å². The highest BCUT2D eigenvalue weighted by Crippen LogP contribution is 2.37. The van der Waals surface area contributed by atoms with Crippen LogP contribution in [0, 0.1) is 3.57 Å². The molecule has 1 aromatic carbocycles. The Balaban J connectivity index is 1.87. The van der Waals surface area contributed by atoms with Crippen molar-refractivity contribution in [3.8, 4) is 0 Å². The van der Waals surface area contributed by atoms with E-state index in [0.717, 1.165) is 14.7 Å². The first-order valence-electron chi connectivity index (χ1n) is 6.12. The number of imide groups is 1. The van der Waals surface area contributed by atoms with Gasteiger partial charge in [0.1, 0.15) is 6.23 Å². The van der Waals surface area contributed by atoms with Crippen molar-refractivity contribution in [2.24, 2.45) is 0 Å². The van der Waals surface area contributed by atoms with Crippen molar-refractivity contribution in [3.05, 3.63) is 32.9 Å². The van der Waals surface area contributed by atoms with Crippen molar-refractivity contribution in [1.82, 2.24) is 10.2 Å². The van der Waals surface area contributed by atoms with Gasteiger partial charge in [-0.25, -0.2) is 0 Å². The van der Waals surface area contributed by atoms with Crippen LogP contribution in [0.4, 0.5) is 0 Å². The van der Waals surface area contributed by atoms with Crippen molar-refractivity contribution < 1.29 is 14.7 Å². The molecule has 2 aliphatic rings. The van der Waals surface area contributed by atoms with Gasteiger partial charge in [-0.05, 0) is 40.6 Å². The normalized spacial score (nSPS) is 27.3. The summed E-state index contributed by atoms with van der Waals surface area (Å²) in [6, 6.07) is 5.34. The number of halogens is 1. The molecule has 0 aromatic heterocycles. The van der Waals surface area contributed by atoms with Crippen molar-refractivity contribution >= 4 is 34.4 Å². The van der Waals surface area contributed by atoms with E-state index >= 15 is 0 Å². The fourth-order valence-electron chi connectivity index (χ4n) is 2.71. The number of nitrogens with zero attached hydrogens (tertiary/aromatic N) is 1. The van der Waals surface area contributed by atoms with E-state index < -0.39 is 12.3 Å². The molecule has 5 nitrogen and oxygen atoms in total. The van der Waals surface area contributed by atoms with Crippen LogP contribution >= 0.6 is 22.6 Å². The Kier molecular flexibility index (Phi) is 3.32. The number of benzene rings is 1. The van der Waals surface area contributed by atoms with Gasteiger partial charge in [-0.15, -0.1) is 0 Å². The van der Waals surface area contributed by atoms with Gasteiger partial charge < -0.3 is 5.11 Å². The average molecular weight is 372 g/mol. The van der Waals surface area contributed by atoms with Crippen LogP contribution in [0.1, 0.15) is 30.2 Å². The molecule has 1 fully saturated rings. The lowest BCUT2D eigenvalue weighted by molar-refractivity contribution is -0.141. The van der Waals surface area contributed by atoms with Crippen molar-refractivity contribution in [3.63, 3.8) is 0 Å². The second-order valence-corrected chi connectivity index (χ2v) is 5.98. The monoisotopic (exact) mass is 372 g/mol. The summed E-state index contributed by atoms with van der Waals surface area (Å²) < 4.78 is 1.09. The number of hydrogen-bond donors (Lipinski definition) is 2. The second-order valence-electron chi connectivity index (χ2n) is 4.82. The van der Waals surface area contributed by atoms with E-state index in [1.54, 1.807) is 4.90 Å². The lowest BCUT2D eigenvalue weighted by atomic mass is 10.0. The highest BCUT2D eigenvalue weighted by Gasteiger charge is 2.40. The third-order valence-electron chi connectivity index (χ3n) is 3.70. The van der Waals surface area contributed by atoms with E-state index in [4.69, 9.17) is 0 Å². The number of nitrogens with one attached hydrogen (secondary N) is 1. The fourth-order valence-corrected chi connectivity index (χ4v) is 3.40. The molecule has 1 saturated heterocycles. The first-order valence-corrected chi connectivity index (χ1v) is 7.20. The maximum absolute atomic E-state index is 11.9. The first kappa shape index (κ1) is 13.0. The summed E-state index contributed by atoms with van der Waals surface area (Å²) in [5.74, 6) is -0.542. The zero-order valence-corrected chi connectivity index (χ0v) is 12.3. The van der Waals surface area contributed by atoms with E-state index in [-0.39, 0.29) is 11.8 Å². The van der Waals surface area contributed by atoms with Gasteiger partial charge in [0.25, 0.3) is 0 Å². The average Bonchev–Trinajstić information content (AvgIpc) is 2.69. The third kappa shape index (κ3) is 2.17. The van der Waals surface area contributed by atoms with Gasteiger partial charge >= 0.3 is 0 Å². The molecule has 2 aliphatic heterocycles. The van der Waals surface area contributed by atoms with E-state index in [9.17, 15) is 14.7 Å². The molecule has 2 N–H and O–H groups in total. The molecule has 0 radical (unpaired) electrons. The van der Waals surface area contributed by atoms with Crippen molar-refractivity contribution in [2.75, 3.05) is 0 Å². The van der Waals surface area contributed by atoms with Crippen LogP contribution < -0.4 is 5.32 Å². The van der Waals surface area contributed by atoms with Gasteiger partial charge in [-0.3, -0.25) is 19.8 Å². The second kappa shape index (κ2) is 4.84. The lowest BCUT2D eigenvalue weighted by Gasteiger charge is -2.31. The van der Waals surface area contributed by atoms with E-state index in [1.807, 2.05) is 18.2 Å². The van der Waals surface area contributed by atoms with Gasteiger partial charge in [0, 0.05) is 22.1 Å². The Morgan fingerprint density at radius 1 is 1.37 bits per heavy atom. The van der Waals surface area contributed by atoms with Crippen LogP contribution in [0.15, 0.2) is 18.2 Å². The number of amides is 2. The number of hydrogen-bond acceptors (Lipinski definition) is 4. The highest BCUT2D eigenvalue weighted by atomic mass is 127. The van der Waals surface area contributed by atoms with E-state index in [0.29, 0.717) is 19.4 Å². The molecule has 2 atom stereocenters. The molecule has 100 valence electrons. The molecule has 6 heteroatoms. The molecule has 1 aromatic rings. The molecular weight excluding hydrogens is 359 g/mol. The Morgan fingerprint density at radius 2 is 2.16 bits per heavy atom. The first-order chi connectivity index (χ1) is 9.08. The number of aliphatic hydroxyl groups is 1. The van der Waals surface area contributed by atoms with Gasteiger partial charge in [-0.1, -0.05) is 12.1 Å². The van der Waals surface area contributed by atoms with Crippen LogP contribution in [-0.2, 0) is 16.1 Å². The number of rotatable bonds is 1. The van der Waals surface area contributed by atoms with Crippen LogP contribution in [-0.4, -0.2) is 27.9 Å². The number of fused-ring (bicyclic) bond motifs is 1. The minimum absolute atomic E-state index is 0.234. The van der Waals surface area contributed by atoms with Crippen LogP contribution in [0.2, 0.25) is 0 Å². The number of aliphatic hydroxyl groups excluding tert-OH is 1. The topological polar surface area (TPSA) is 69.6 Å². The maximum atomic E-state index is 11.9. The van der Waals surface area contributed by atoms with Crippen LogP contribution in [0.25, 0.3) is 0 Å². The zero-order valence-electron chi connectivity index (χ0n) is 10.1. The summed E-state index contributed by atoms with van der Waals surface area (Å²) in [7, 11) is 0. The molecule has 2 unspecified atom stereocenters.